The fourth-order valence-corrected chi connectivity index (χ4v) is 7.58. The number of halogens is 9. The van der Waals surface area contributed by atoms with Crippen LogP contribution >= 0.6 is 0 Å². The number of allylic oxidation sites excluding steroid dienone is 1. The van der Waals surface area contributed by atoms with E-state index in [0.29, 0.717) is 32.1 Å². The normalized spacial score (nSPS) is 30.3. The number of benzene rings is 1. The second-order valence-corrected chi connectivity index (χ2v) is 12.5. The van der Waals surface area contributed by atoms with Crippen molar-refractivity contribution in [3.8, 4) is 5.75 Å². The van der Waals surface area contributed by atoms with Gasteiger partial charge in [-0.1, -0.05) is 25.8 Å². The summed E-state index contributed by atoms with van der Waals surface area (Å²) in [4.78, 5) is 14.1. The molecule has 2 fully saturated rings. The lowest BCUT2D eigenvalue weighted by atomic mass is 9.51. The van der Waals surface area contributed by atoms with Gasteiger partial charge in [0.25, 0.3) is 0 Å². The molecule has 3 aliphatic carbocycles. The summed E-state index contributed by atoms with van der Waals surface area (Å²) in [6, 6.07) is 5.03. The SMILES string of the molecule is CN(CC=C(F)C(F)(F)C(F)(F)C(F)(F)F)CCCCCC1Cc2cc(O)ccc2[C@H]2C(F)C[C@]3(C)C(=O)CC[C@H]3[C@H]12. The van der Waals surface area contributed by atoms with Crippen LogP contribution in [0.2, 0.25) is 0 Å². The number of aromatic hydroxyl groups is 1. The van der Waals surface area contributed by atoms with Gasteiger partial charge in [-0.2, -0.15) is 30.7 Å². The Morgan fingerprint density at radius 2 is 1.81 bits per heavy atom. The third-order valence-corrected chi connectivity index (χ3v) is 9.79. The molecule has 42 heavy (non-hydrogen) atoms. The van der Waals surface area contributed by atoms with Crippen molar-refractivity contribution in [3.05, 3.63) is 41.2 Å². The number of fused-ring (bicyclic) bond motifs is 5. The van der Waals surface area contributed by atoms with Gasteiger partial charge < -0.3 is 10.0 Å². The Kier molecular flexibility index (Phi) is 9.09. The zero-order valence-corrected chi connectivity index (χ0v) is 23.5. The van der Waals surface area contributed by atoms with Gasteiger partial charge >= 0.3 is 18.0 Å². The topological polar surface area (TPSA) is 40.5 Å². The number of carbonyl (C=O) groups excluding carboxylic acids is 1. The number of hydrogen-bond donors (Lipinski definition) is 1. The van der Waals surface area contributed by atoms with Crippen LogP contribution in [-0.2, 0) is 11.2 Å². The van der Waals surface area contributed by atoms with Crippen LogP contribution in [0.25, 0.3) is 0 Å². The number of phenolic OH excluding ortho intramolecular Hbond substituents is 1. The van der Waals surface area contributed by atoms with E-state index in [4.69, 9.17) is 0 Å². The molecule has 3 nitrogen and oxygen atoms in total. The van der Waals surface area contributed by atoms with Crippen molar-refractivity contribution < 1.29 is 49.4 Å². The highest BCUT2D eigenvalue weighted by Crippen LogP contribution is 2.62. The fourth-order valence-electron chi connectivity index (χ4n) is 7.58. The molecule has 0 bridgehead atoms. The van der Waals surface area contributed by atoms with Crippen molar-refractivity contribution >= 4 is 5.78 Å². The third-order valence-electron chi connectivity index (χ3n) is 9.79. The highest BCUT2D eigenvalue weighted by Gasteiger charge is 2.75. The van der Waals surface area contributed by atoms with Crippen LogP contribution in [0, 0.1) is 23.2 Å². The molecule has 0 amide bonds. The van der Waals surface area contributed by atoms with Crippen LogP contribution < -0.4 is 0 Å². The van der Waals surface area contributed by atoms with Crippen molar-refractivity contribution in [3.63, 3.8) is 0 Å². The van der Waals surface area contributed by atoms with E-state index >= 15 is 4.39 Å². The minimum atomic E-state index is -6.61. The predicted octanol–water partition coefficient (Wildman–Crippen LogP) is 8.17. The van der Waals surface area contributed by atoms with E-state index in [2.05, 4.69) is 0 Å². The maximum atomic E-state index is 15.8. The Morgan fingerprint density at radius 3 is 2.48 bits per heavy atom. The summed E-state index contributed by atoms with van der Waals surface area (Å²) in [6.45, 7) is 1.54. The van der Waals surface area contributed by atoms with E-state index in [9.17, 15) is 45.0 Å². The van der Waals surface area contributed by atoms with E-state index in [1.165, 1.54) is 11.9 Å². The second kappa shape index (κ2) is 11.7. The smallest absolute Gasteiger partial charge is 0.460 e. The molecule has 3 aliphatic rings. The first-order valence-corrected chi connectivity index (χ1v) is 14.3. The summed E-state index contributed by atoms with van der Waals surface area (Å²) in [5, 5.41) is 10.1. The van der Waals surface area contributed by atoms with E-state index in [1.54, 1.807) is 18.2 Å². The van der Waals surface area contributed by atoms with Crippen molar-refractivity contribution in [2.45, 2.75) is 88.4 Å². The Morgan fingerprint density at radius 1 is 1.12 bits per heavy atom. The summed E-state index contributed by atoms with van der Waals surface area (Å²) in [5.41, 5.74) is 1.10. The van der Waals surface area contributed by atoms with Crippen LogP contribution in [0.15, 0.2) is 30.1 Å². The number of rotatable bonds is 10. The number of ketones is 1. The number of Topliss-reactive ketones (excluding diaryl/α,β-unsaturated/α-hetero) is 1. The summed E-state index contributed by atoms with van der Waals surface area (Å²) in [7, 11) is 1.40. The number of nitrogens with zero attached hydrogens (tertiary/aromatic N) is 1. The van der Waals surface area contributed by atoms with Gasteiger partial charge in [0.1, 0.15) is 17.7 Å². The van der Waals surface area contributed by atoms with Gasteiger partial charge in [-0.3, -0.25) is 4.79 Å². The monoisotopic (exact) mass is 613 g/mol. The van der Waals surface area contributed by atoms with E-state index < -0.39 is 42.0 Å². The van der Waals surface area contributed by atoms with Crippen LogP contribution in [0.5, 0.6) is 5.75 Å². The van der Waals surface area contributed by atoms with Crippen LogP contribution in [0.4, 0.5) is 39.5 Å². The summed E-state index contributed by atoms with van der Waals surface area (Å²) in [5.74, 6) is -15.4. The van der Waals surface area contributed by atoms with Gasteiger partial charge in [-0.05, 0) is 92.8 Å². The average Bonchev–Trinajstić information content (AvgIpc) is 3.19. The quantitative estimate of drug-likeness (QED) is 0.214. The maximum absolute atomic E-state index is 15.8. The molecular weight excluding hydrogens is 577 g/mol. The number of hydrogen-bond acceptors (Lipinski definition) is 3. The second-order valence-electron chi connectivity index (χ2n) is 12.5. The van der Waals surface area contributed by atoms with Gasteiger partial charge in [0.15, 0.2) is 5.83 Å². The summed E-state index contributed by atoms with van der Waals surface area (Å²) in [6.07, 6.45) is -3.17. The molecule has 0 heterocycles. The van der Waals surface area contributed by atoms with Crippen molar-refractivity contribution in [1.29, 1.82) is 0 Å². The lowest BCUT2D eigenvalue weighted by molar-refractivity contribution is -0.347. The molecule has 1 N–H and O–H groups in total. The zero-order valence-electron chi connectivity index (χ0n) is 23.5. The average molecular weight is 614 g/mol. The molecule has 0 aliphatic heterocycles. The maximum Gasteiger partial charge on any atom is 0.460 e. The number of unbranched alkanes of at least 4 members (excludes halogenated alkanes) is 2. The molecule has 1 aromatic carbocycles. The Bertz CT molecular complexity index is 1180. The zero-order chi connectivity index (χ0) is 31.3. The van der Waals surface area contributed by atoms with Gasteiger partial charge in [-0.15, -0.1) is 0 Å². The first-order chi connectivity index (χ1) is 19.4. The molecule has 236 valence electrons. The Balaban J connectivity index is 1.35. The Hall–Kier alpha value is -2.24. The highest BCUT2D eigenvalue weighted by molar-refractivity contribution is 5.87. The first kappa shape index (κ1) is 32.7. The molecule has 0 aromatic heterocycles. The molecule has 0 radical (unpaired) electrons. The molecule has 6 atom stereocenters. The molecule has 1 aromatic rings. The number of alkyl halides is 8. The van der Waals surface area contributed by atoms with Crippen molar-refractivity contribution in [1.82, 2.24) is 4.90 Å². The molecule has 0 spiro atoms. The van der Waals surface area contributed by atoms with Crippen molar-refractivity contribution in [2.24, 2.45) is 23.2 Å². The number of carbonyl (C=O) groups is 1. The largest absolute Gasteiger partial charge is 0.508 e. The minimum Gasteiger partial charge on any atom is -0.508 e. The van der Waals surface area contributed by atoms with Gasteiger partial charge in [0, 0.05) is 24.3 Å². The summed E-state index contributed by atoms with van der Waals surface area (Å²) >= 11 is 0. The van der Waals surface area contributed by atoms with E-state index in [0.717, 1.165) is 24.0 Å². The minimum absolute atomic E-state index is 0.0328. The van der Waals surface area contributed by atoms with Gasteiger partial charge in [-0.25, -0.2) is 8.78 Å². The molecular formula is C30H36F9NO2. The summed E-state index contributed by atoms with van der Waals surface area (Å²) < 4.78 is 119. The molecule has 12 heteroatoms. The molecule has 2 saturated carbocycles. The predicted molar refractivity (Wildman–Crippen MR) is 138 cm³/mol. The number of likely N-dealkylation sites (N-methyl/N-ethyl adjacent to an activating group) is 1. The first-order valence-electron chi connectivity index (χ1n) is 14.3. The van der Waals surface area contributed by atoms with Gasteiger partial charge in [0.2, 0.25) is 0 Å². The lowest BCUT2D eigenvalue weighted by Crippen LogP contribution is -2.52. The van der Waals surface area contributed by atoms with E-state index in [-0.39, 0.29) is 54.2 Å². The van der Waals surface area contributed by atoms with Crippen LogP contribution in [-0.4, -0.2) is 60.1 Å². The Labute approximate surface area is 239 Å². The van der Waals surface area contributed by atoms with Gasteiger partial charge in [0.05, 0.1) is 0 Å². The van der Waals surface area contributed by atoms with Crippen LogP contribution in [0.3, 0.4) is 0 Å². The lowest BCUT2D eigenvalue weighted by Gasteiger charge is -2.53. The van der Waals surface area contributed by atoms with Crippen molar-refractivity contribution in [2.75, 3.05) is 20.1 Å². The molecule has 4 rings (SSSR count). The third kappa shape index (κ3) is 5.80. The molecule has 2 unspecified atom stereocenters. The standard InChI is InChI=1S/C30H36F9NO2/c1-27-16-22(31)26-20-8-7-19(41)15-18(20)14-17(25(26)21(27)9-10-24(27)42)6-4-3-5-12-40(2)13-11-23(32)28(33,34)29(35,36)30(37,38)39/h7-8,11,15,17,21-22,25-26,41H,3-6,9-10,12-14,16H2,1-2H3/t17?,21-,22?,25-,26-,27-/m0/s1. The highest BCUT2D eigenvalue weighted by atomic mass is 19.4. The molecule has 0 saturated heterocycles. The number of phenols is 1. The van der Waals surface area contributed by atoms with E-state index in [1.807, 2.05) is 6.92 Å². The fraction of sp³-hybridized carbons (Fsp3) is 0.700. The van der Waals surface area contributed by atoms with Crippen LogP contribution in [0.1, 0.15) is 68.9 Å².